The van der Waals surface area contributed by atoms with Gasteiger partial charge in [-0.3, -0.25) is 0 Å². The van der Waals surface area contributed by atoms with Gasteiger partial charge in [-0.25, -0.2) is 9.98 Å². The summed E-state index contributed by atoms with van der Waals surface area (Å²) in [4.78, 5) is 13.7. The van der Waals surface area contributed by atoms with E-state index in [0.29, 0.717) is 12.6 Å². The zero-order chi connectivity index (χ0) is 19.2. The highest BCUT2D eigenvalue weighted by atomic mass is 127. The molecule has 1 fully saturated rings. The minimum atomic E-state index is 0. The average Bonchev–Trinajstić information content (AvgIpc) is 3.29. The number of benzene rings is 1. The van der Waals surface area contributed by atoms with Gasteiger partial charge in [0.15, 0.2) is 11.1 Å². The first kappa shape index (κ1) is 23.0. The Hall–Kier alpha value is -1.26. The number of halogens is 2. The predicted molar refractivity (Wildman–Crippen MR) is 132 cm³/mol. The van der Waals surface area contributed by atoms with Crippen LogP contribution in [0.25, 0.3) is 0 Å². The lowest BCUT2D eigenvalue weighted by Crippen LogP contribution is -2.44. The van der Waals surface area contributed by atoms with Crippen LogP contribution in [0.4, 0.5) is 10.8 Å². The highest BCUT2D eigenvalue weighted by Gasteiger charge is 2.23. The number of aromatic nitrogens is 1. The van der Waals surface area contributed by atoms with E-state index in [4.69, 9.17) is 16.6 Å². The summed E-state index contributed by atoms with van der Waals surface area (Å²) in [5.41, 5.74) is 2.17. The summed E-state index contributed by atoms with van der Waals surface area (Å²) in [5.74, 6) is 0.842. The SMILES string of the molecule is CCNC(=NCc1csc(N(C)C)n1)NC1CCN(c2cccc(Cl)c2)C1.I. The molecule has 2 heterocycles. The van der Waals surface area contributed by atoms with E-state index >= 15 is 0 Å². The Bertz CT molecular complexity index is 781. The van der Waals surface area contributed by atoms with E-state index in [-0.39, 0.29) is 24.0 Å². The topological polar surface area (TPSA) is 55.8 Å². The van der Waals surface area contributed by atoms with Gasteiger partial charge >= 0.3 is 0 Å². The molecule has 28 heavy (non-hydrogen) atoms. The lowest BCUT2D eigenvalue weighted by Gasteiger charge is -2.20. The second-order valence-electron chi connectivity index (χ2n) is 6.77. The van der Waals surface area contributed by atoms with E-state index in [1.807, 2.05) is 37.2 Å². The number of hydrogen-bond acceptors (Lipinski definition) is 5. The third-order valence-corrected chi connectivity index (χ3v) is 5.66. The average molecular weight is 535 g/mol. The molecular formula is C19H28ClIN6S. The molecule has 0 amide bonds. The molecule has 6 nitrogen and oxygen atoms in total. The number of rotatable bonds is 6. The van der Waals surface area contributed by atoms with Crippen LogP contribution in [0.3, 0.4) is 0 Å². The molecule has 0 aliphatic carbocycles. The third-order valence-electron chi connectivity index (χ3n) is 4.37. The van der Waals surface area contributed by atoms with Crippen LogP contribution in [0.5, 0.6) is 0 Å². The Labute approximate surface area is 193 Å². The maximum absolute atomic E-state index is 6.13. The van der Waals surface area contributed by atoms with E-state index in [2.05, 4.69) is 38.9 Å². The number of anilines is 2. The lowest BCUT2D eigenvalue weighted by atomic mass is 10.2. The molecule has 0 bridgehead atoms. The maximum atomic E-state index is 6.13. The molecule has 1 aromatic heterocycles. The summed E-state index contributed by atoms with van der Waals surface area (Å²) in [7, 11) is 4.01. The van der Waals surface area contributed by atoms with Crippen molar-refractivity contribution < 1.29 is 0 Å². The largest absolute Gasteiger partial charge is 0.369 e. The van der Waals surface area contributed by atoms with Gasteiger partial charge < -0.3 is 20.4 Å². The maximum Gasteiger partial charge on any atom is 0.191 e. The van der Waals surface area contributed by atoms with Gasteiger partial charge in [0.1, 0.15) is 0 Å². The zero-order valence-electron chi connectivity index (χ0n) is 16.5. The van der Waals surface area contributed by atoms with Crippen LogP contribution < -0.4 is 20.4 Å². The zero-order valence-corrected chi connectivity index (χ0v) is 20.4. The van der Waals surface area contributed by atoms with Crippen molar-refractivity contribution in [2.45, 2.75) is 25.9 Å². The third kappa shape index (κ3) is 6.38. The molecule has 1 aliphatic rings. The van der Waals surface area contributed by atoms with Crippen molar-refractivity contribution in [1.82, 2.24) is 15.6 Å². The Morgan fingerprint density at radius 2 is 2.25 bits per heavy atom. The van der Waals surface area contributed by atoms with Gasteiger partial charge in [0.2, 0.25) is 0 Å². The summed E-state index contributed by atoms with van der Waals surface area (Å²) in [5, 5.41) is 10.7. The van der Waals surface area contributed by atoms with Crippen molar-refractivity contribution in [3.05, 3.63) is 40.4 Å². The predicted octanol–water partition coefficient (Wildman–Crippen LogP) is 3.81. The van der Waals surface area contributed by atoms with Crippen molar-refractivity contribution in [2.24, 2.45) is 4.99 Å². The van der Waals surface area contributed by atoms with Crippen molar-refractivity contribution >= 4 is 63.7 Å². The fourth-order valence-electron chi connectivity index (χ4n) is 3.03. The molecule has 3 rings (SSSR count). The summed E-state index contributed by atoms with van der Waals surface area (Å²) < 4.78 is 0. The number of thiazole rings is 1. The van der Waals surface area contributed by atoms with Crippen LogP contribution in [-0.4, -0.2) is 50.7 Å². The second-order valence-corrected chi connectivity index (χ2v) is 8.04. The fourth-order valence-corrected chi connectivity index (χ4v) is 3.97. The summed E-state index contributed by atoms with van der Waals surface area (Å²) >= 11 is 7.77. The van der Waals surface area contributed by atoms with Crippen LogP contribution >= 0.6 is 46.9 Å². The van der Waals surface area contributed by atoms with Crippen LogP contribution in [0, 0.1) is 0 Å². The molecule has 1 atom stereocenters. The molecule has 154 valence electrons. The number of nitrogens with one attached hydrogen (secondary N) is 2. The smallest absolute Gasteiger partial charge is 0.191 e. The van der Waals surface area contributed by atoms with Crippen LogP contribution in [0.15, 0.2) is 34.6 Å². The number of aliphatic imine (C=N–C) groups is 1. The summed E-state index contributed by atoms with van der Waals surface area (Å²) in [6.45, 7) is 5.43. The molecule has 2 N–H and O–H groups in total. The van der Waals surface area contributed by atoms with E-state index in [1.165, 1.54) is 5.69 Å². The minimum Gasteiger partial charge on any atom is -0.369 e. The van der Waals surface area contributed by atoms with Crippen molar-refractivity contribution in [2.75, 3.05) is 43.5 Å². The fraction of sp³-hybridized carbons (Fsp3) is 0.474. The molecule has 9 heteroatoms. The lowest BCUT2D eigenvalue weighted by molar-refractivity contribution is 0.649. The molecule has 0 saturated carbocycles. The normalized spacial score (nSPS) is 16.6. The van der Waals surface area contributed by atoms with E-state index in [1.54, 1.807) is 11.3 Å². The molecule has 1 aliphatic heterocycles. The Morgan fingerprint density at radius 1 is 1.43 bits per heavy atom. The van der Waals surface area contributed by atoms with Gasteiger partial charge in [-0.1, -0.05) is 17.7 Å². The van der Waals surface area contributed by atoms with Crippen LogP contribution in [-0.2, 0) is 6.54 Å². The first-order chi connectivity index (χ1) is 13.0. The first-order valence-electron chi connectivity index (χ1n) is 9.22. The van der Waals surface area contributed by atoms with Crippen LogP contribution in [0.2, 0.25) is 5.02 Å². The van der Waals surface area contributed by atoms with Crippen LogP contribution in [0.1, 0.15) is 19.0 Å². The molecule has 1 unspecified atom stereocenters. The van der Waals surface area contributed by atoms with E-state index < -0.39 is 0 Å². The van der Waals surface area contributed by atoms with Crippen molar-refractivity contribution in [3.8, 4) is 0 Å². The first-order valence-corrected chi connectivity index (χ1v) is 10.5. The Balaban J connectivity index is 0.00000280. The van der Waals surface area contributed by atoms with Gasteiger partial charge in [-0.2, -0.15) is 0 Å². The highest BCUT2D eigenvalue weighted by Crippen LogP contribution is 2.23. The summed E-state index contributed by atoms with van der Waals surface area (Å²) in [6.07, 6.45) is 1.07. The quantitative estimate of drug-likeness (QED) is 0.335. The van der Waals surface area contributed by atoms with Gasteiger partial charge in [-0.15, -0.1) is 35.3 Å². The monoisotopic (exact) mass is 534 g/mol. The van der Waals surface area contributed by atoms with Gasteiger partial charge in [0.05, 0.1) is 12.2 Å². The highest BCUT2D eigenvalue weighted by molar-refractivity contribution is 14.0. The second kappa shape index (κ2) is 11.1. The number of nitrogens with zero attached hydrogens (tertiary/aromatic N) is 4. The molecule has 1 saturated heterocycles. The minimum absolute atomic E-state index is 0. The standard InChI is InChI=1S/C19H27ClN6S.HI/c1-4-21-18(22-11-16-13-27-19(24-16)25(2)3)23-15-8-9-26(12-15)17-7-5-6-14(20)10-17;/h5-7,10,13,15H,4,8-9,11-12H2,1-3H3,(H2,21,22,23);1H. The van der Waals surface area contributed by atoms with Gasteiger partial charge in [0.25, 0.3) is 0 Å². The van der Waals surface area contributed by atoms with Crippen molar-refractivity contribution in [3.63, 3.8) is 0 Å². The summed E-state index contributed by atoms with van der Waals surface area (Å²) in [6, 6.07) is 8.40. The molecule has 0 radical (unpaired) electrons. The Morgan fingerprint density at radius 3 is 2.93 bits per heavy atom. The molecule has 1 aromatic carbocycles. The van der Waals surface area contributed by atoms with E-state index in [9.17, 15) is 0 Å². The van der Waals surface area contributed by atoms with Crippen molar-refractivity contribution in [1.29, 1.82) is 0 Å². The Kier molecular flexibility index (Phi) is 9.10. The van der Waals surface area contributed by atoms with Gasteiger partial charge in [0, 0.05) is 55.9 Å². The number of guanidine groups is 1. The number of hydrogen-bond donors (Lipinski definition) is 2. The van der Waals surface area contributed by atoms with E-state index in [0.717, 1.165) is 47.9 Å². The molecular weight excluding hydrogens is 507 g/mol. The van der Waals surface area contributed by atoms with Gasteiger partial charge in [-0.05, 0) is 31.5 Å². The molecule has 0 spiro atoms. The molecule has 2 aromatic rings.